The Morgan fingerprint density at radius 2 is 2.11 bits per heavy atom. The molecule has 0 spiro atoms. The second-order valence-corrected chi connectivity index (χ2v) is 3.58. The highest BCUT2D eigenvalue weighted by Gasteiger charge is 2.10. The Labute approximate surface area is 105 Å². The second kappa shape index (κ2) is 5.44. The van der Waals surface area contributed by atoms with E-state index in [0.717, 1.165) is 18.7 Å². The maximum atomic E-state index is 5.07. The van der Waals surface area contributed by atoms with E-state index in [1.165, 1.54) is 7.11 Å². The van der Waals surface area contributed by atoms with Gasteiger partial charge in [-0.25, -0.2) is 0 Å². The molecule has 2 heterocycles. The summed E-state index contributed by atoms with van der Waals surface area (Å²) in [5.74, 6) is 1.06. The molecule has 7 nitrogen and oxygen atoms in total. The summed E-state index contributed by atoms with van der Waals surface area (Å²) in [5, 5.41) is 7.24. The van der Waals surface area contributed by atoms with Crippen molar-refractivity contribution in [3.63, 3.8) is 0 Å². The first-order valence-electron chi connectivity index (χ1n) is 5.83. The van der Waals surface area contributed by atoms with E-state index >= 15 is 0 Å². The Bertz CT molecular complexity index is 524. The van der Waals surface area contributed by atoms with E-state index < -0.39 is 0 Å². The van der Waals surface area contributed by atoms with Crippen molar-refractivity contribution in [1.82, 2.24) is 24.7 Å². The predicted octanol–water partition coefficient (Wildman–Crippen LogP) is 1.20. The van der Waals surface area contributed by atoms with Crippen molar-refractivity contribution in [3.05, 3.63) is 12.4 Å². The first-order chi connectivity index (χ1) is 8.76. The van der Waals surface area contributed by atoms with Crippen LogP contribution < -0.4 is 10.1 Å². The van der Waals surface area contributed by atoms with Crippen LogP contribution in [0, 0.1) is 0 Å². The molecule has 1 N–H and O–H groups in total. The largest absolute Gasteiger partial charge is 0.467 e. The van der Waals surface area contributed by atoms with Crippen molar-refractivity contribution in [1.29, 1.82) is 0 Å². The Morgan fingerprint density at radius 3 is 2.72 bits per heavy atom. The zero-order valence-corrected chi connectivity index (χ0v) is 10.7. The van der Waals surface area contributed by atoms with E-state index in [9.17, 15) is 0 Å². The van der Waals surface area contributed by atoms with Gasteiger partial charge >= 0.3 is 6.01 Å². The Balaban J connectivity index is 2.39. The van der Waals surface area contributed by atoms with E-state index in [0.29, 0.717) is 17.8 Å². The van der Waals surface area contributed by atoms with E-state index in [2.05, 4.69) is 25.4 Å². The molecule has 96 valence electrons. The van der Waals surface area contributed by atoms with Gasteiger partial charge in [0.05, 0.1) is 18.9 Å². The van der Waals surface area contributed by atoms with Crippen molar-refractivity contribution in [3.8, 4) is 17.4 Å². The monoisotopic (exact) mass is 248 g/mol. The third kappa shape index (κ3) is 2.55. The summed E-state index contributed by atoms with van der Waals surface area (Å²) in [6.45, 7) is 5.54. The van der Waals surface area contributed by atoms with Gasteiger partial charge in [-0.15, -0.1) is 0 Å². The third-order valence-electron chi connectivity index (χ3n) is 2.35. The number of hydrogen-bond donors (Lipinski definition) is 1. The van der Waals surface area contributed by atoms with Gasteiger partial charge in [-0.2, -0.15) is 20.1 Å². The van der Waals surface area contributed by atoms with Crippen LogP contribution in [-0.4, -0.2) is 38.4 Å². The zero-order chi connectivity index (χ0) is 13.0. The van der Waals surface area contributed by atoms with Crippen LogP contribution in [-0.2, 0) is 6.54 Å². The average Bonchev–Trinajstić information content (AvgIpc) is 2.87. The van der Waals surface area contributed by atoms with Crippen LogP contribution >= 0.6 is 0 Å². The molecule has 0 unspecified atom stereocenters. The van der Waals surface area contributed by atoms with E-state index in [4.69, 9.17) is 4.74 Å². The zero-order valence-electron chi connectivity index (χ0n) is 10.7. The van der Waals surface area contributed by atoms with Crippen LogP contribution in [0.25, 0.3) is 11.4 Å². The Morgan fingerprint density at radius 1 is 1.28 bits per heavy atom. The molecular weight excluding hydrogens is 232 g/mol. The molecule has 7 heteroatoms. The molecule has 0 atom stereocenters. The van der Waals surface area contributed by atoms with Crippen molar-refractivity contribution in [2.45, 2.75) is 20.4 Å². The highest BCUT2D eigenvalue weighted by molar-refractivity contribution is 5.54. The van der Waals surface area contributed by atoms with Crippen molar-refractivity contribution in [2.75, 3.05) is 19.0 Å². The summed E-state index contributed by atoms with van der Waals surface area (Å²) in [6, 6.07) is 0.292. The maximum Gasteiger partial charge on any atom is 0.321 e. The fraction of sp³-hybridized carbons (Fsp3) is 0.455. The van der Waals surface area contributed by atoms with E-state index in [1.807, 2.05) is 24.7 Å². The molecule has 0 aliphatic rings. The SMILES string of the molecule is CCNc1nc(OC)nc(-c2cnn(CC)c2)n1. The summed E-state index contributed by atoms with van der Waals surface area (Å²) in [4.78, 5) is 12.6. The second-order valence-electron chi connectivity index (χ2n) is 3.58. The molecule has 0 saturated carbocycles. The summed E-state index contributed by atoms with van der Waals surface area (Å²) in [5.41, 5.74) is 0.844. The molecule has 2 aromatic heterocycles. The number of nitrogens with one attached hydrogen (secondary N) is 1. The van der Waals surface area contributed by atoms with Crippen LogP contribution in [0.1, 0.15) is 13.8 Å². The lowest BCUT2D eigenvalue weighted by Crippen LogP contribution is -2.06. The number of ether oxygens (including phenoxy) is 1. The quantitative estimate of drug-likeness (QED) is 0.856. The smallest absolute Gasteiger partial charge is 0.321 e. The molecule has 0 aliphatic carbocycles. The van der Waals surface area contributed by atoms with Gasteiger partial charge in [0.2, 0.25) is 5.95 Å². The molecule has 0 saturated heterocycles. The molecule has 18 heavy (non-hydrogen) atoms. The van der Waals surface area contributed by atoms with Crippen molar-refractivity contribution in [2.24, 2.45) is 0 Å². The minimum atomic E-state index is 0.292. The number of nitrogens with zero attached hydrogens (tertiary/aromatic N) is 5. The number of methoxy groups -OCH3 is 1. The van der Waals surface area contributed by atoms with Crippen LogP contribution in [0.3, 0.4) is 0 Å². The van der Waals surface area contributed by atoms with Crippen LogP contribution in [0.4, 0.5) is 5.95 Å². The summed E-state index contributed by atoms with van der Waals surface area (Å²) in [6.07, 6.45) is 3.62. The topological polar surface area (TPSA) is 77.8 Å². The predicted molar refractivity (Wildman–Crippen MR) is 67.4 cm³/mol. The van der Waals surface area contributed by atoms with E-state index in [-0.39, 0.29) is 0 Å². The lowest BCUT2D eigenvalue weighted by Gasteiger charge is -2.05. The van der Waals surface area contributed by atoms with Crippen molar-refractivity contribution < 1.29 is 4.74 Å². The van der Waals surface area contributed by atoms with Gasteiger partial charge in [-0.1, -0.05) is 0 Å². The molecule has 0 radical (unpaired) electrons. The standard InChI is InChI=1S/C11H16N6O/c1-4-12-10-14-9(15-11(16-10)18-3)8-6-13-17(5-2)7-8/h6-7H,4-5H2,1-3H3,(H,12,14,15,16). The molecule has 0 aliphatic heterocycles. The summed E-state index contributed by atoms with van der Waals surface area (Å²) >= 11 is 0. The van der Waals surface area contributed by atoms with Gasteiger partial charge in [0.25, 0.3) is 0 Å². The lowest BCUT2D eigenvalue weighted by molar-refractivity contribution is 0.379. The maximum absolute atomic E-state index is 5.07. The summed E-state index contributed by atoms with van der Waals surface area (Å²) < 4.78 is 6.89. The number of rotatable bonds is 5. The number of hydrogen-bond acceptors (Lipinski definition) is 6. The van der Waals surface area contributed by atoms with Crippen LogP contribution in [0.2, 0.25) is 0 Å². The third-order valence-corrected chi connectivity index (χ3v) is 2.35. The molecule has 0 aromatic carbocycles. The number of aromatic nitrogens is 5. The summed E-state index contributed by atoms with van der Waals surface area (Å²) in [7, 11) is 1.53. The fourth-order valence-electron chi connectivity index (χ4n) is 1.47. The molecule has 2 rings (SSSR count). The fourth-order valence-corrected chi connectivity index (χ4v) is 1.47. The molecule has 0 amide bonds. The van der Waals surface area contributed by atoms with Gasteiger partial charge < -0.3 is 10.1 Å². The average molecular weight is 248 g/mol. The molecular formula is C11H16N6O. The van der Waals surface area contributed by atoms with Gasteiger partial charge in [-0.3, -0.25) is 4.68 Å². The van der Waals surface area contributed by atoms with Crippen molar-refractivity contribution >= 4 is 5.95 Å². The Hall–Kier alpha value is -2.18. The first kappa shape index (κ1) is 12.3. The van der Waals surface area contributed by atoms with Crippen LogP contribution in [0.5, 0.6) is 6.01 Å². The van der Waals surface area contributed by atoms with Crippen LogP contribution in [0.15, 0.2) is 12.4 Å². The highest BCUT2D eigenvalue weighted by atomic mass is 16.5. The molecule has 0 bridgehead atoms. The van der Waals surface area contributed by atoms with E-state index in [1.54, 1.807) is 6.20 Å². The minimum Gasteiger partial charge on any atom is -0.467 e. The number of anilines is 1. The Kier molecular flexibility index (Phi) is 3.71. The number of aryl methyl sites for hydroxylation is 1. The highest BCUT2D eigenvalue weighted by Crippen LogP contribution is 2.17. The van der Waals surface area contributed by atoms with Gasteiger partial charge in [0.15, 0.2) is 5.82 Å². The molecule has 0 fully saturated rings. The first-order valence-corrected chi connectivity index (χ1v) is 5.83. The lowest BCUT2D eigenvalue weighted by atomic mass is 10.3. The van der Waals surface area contributed by atoms with Gasteiger partial charge in [0.1, 0.15) is 0 Å². The molecule has 2 aromatic rings. The normalized spacial score (nSPS) is 10.4. The van der Waals surface area contributed by atoms with Gasteiger partial charge in [0, 0.05) is 19.3 Å². The van der Waals surface area contributed by atoms with Gasteiger partial charge in [-0.05, 0) is 13.8 Å². The minimum absolute atomic E-state index is 0.292.